The second kappa shape index (κ2) is 7.06. The van der Waals surface area contributed by atoms with E-state index in [9.17, 15) is 10.2 Å². The molecule has 4 heteroatoms. The average Bonchev–Trinajstić information content (AvgIpc) is 2.88. The van der Waals surface area contributed by atoms with Crippen LogP contribution in [-0.4, -0.2) is 32.2 Å². The Hall–Kier alpha value is -0.870. The van der Waals surface area contributed by atoms with E-state index in [4.69, 9.17) is 0 Å². The molecule has 1 fully saturated rings. The van der Waals surface area contributed by atoms with Gasteiger partial charge in [0.05, 0.1) is 23.9 Å². The number of aromatic nitrogens is 2. The van der Waals surface area contributed by atoms with Crippen LogP contribution in [0.4, 0.5) is 0 Å². The van der Waals surface area contributed by atoms with Crippen molar-refractivity contribution in [2.45, 2.75) is 76.5 Å². The normalized spacial score (nSPS) is 20.4. The van der Waals surface area contributed by atoms with Gasteiger partial charge in [-0.15, -0.1) is 0 Å². The third kappa shape index (κ3) is 4.05. The van der Waals surface area contributed by atoms with Crippen molar-refractivity contribution in [2.24, 2.45) is 0 Å². The number of hydrogen-bond donors (Lipinski definition) is 2. The predicted octanol–water partition coefficient (Wildman–Crippen LogP) is 2.45. The number of nitrogens with zero attached hydrogens (tertiary/aromatic N) is 2. The molecule has 1 heterocycles. The van der Waals surface area contributed by atoms with E-state index in [1.165, 1.54) is 32.1 Å². The van der Waals surface area contributed by atoms with Crippen LogP contribution in [0.5, 0.6) is 0 Å². The Morgan fingerprint density at radius 2 is 2.00 bits per heavy atom. The Labute approximate surface area is 115 Å². The Bertz CT molecular complexity index is 372. The summed E-state index contributed by atoms with van der Waals surface area (Å²) in [6.07, 6.45) is 9.00. The maximum Gasteiger partial charge on any atom is 0.0855 e. The van der Waals surface area contributed by atoms with E-state index >= 15 is 0 Å². The van der Waals surface area contributed by atoms with E-state index in [1.807, 2.05) is 23.9 Å². The molecule has 0 aromatic carbocycles. The van der Waals surface area contributed by atoms with Crippen molar-refractivity contribution in [3.05, 3.63) is 18.0 Å². The minimum Gasteiger partial charge on any atom is -0.390 e. The lowest BCUT2D eigenvalue weighted by Crippen LogP contribution is -2.28. The molecule has 1 aromatic rings. The van der Waals surface area contributed by atoms with E-state index in [0.29, 0.717) is 18.9 Å². The standard InChI is InChI=1S/C15H26N2O2/c1-2-6-14(18)15(19)11-12-9-10-17(16-12)13-7-4-3-5-8-13/h9-10,13-15,18-19H,2-8,11H2,1H3. The lowest BCUT2D eigenvalue weighted by atomic mass is 9.96. The van der Waals surface area contributed by atoms with Gasteiger partial charge < -0.3 is 10.2 Å². The molecule has 19 heavy (non-hydrogen) atoms. The van der Waals surface area contributed by atoms with Gasteiger partial charge in [0.1, 0.15) is 0 Å². The molecule has 2 atom stereocenters. The van der Waals surface area contributed by atoms with Crippen LogP contribution in [0, 0.1) is 0 Å². The largest absolute Gasteiger partial charge is 0.390 e. The fourth-order valence-corrected chi connectivity index (χ4v) is 2.87. The summed E-state index contributed by atoms with van der Waals surface area (Å²) in [5, 5.41) is 24.2. The van der Waals surface area contributed by atoms with Crippen molar-refractivity contribution in [3.63, 3.8) is 0 Å². The fraction of sp³-hybridized carbons (Fsp3) is 0.800. The van der Waals surface area contributed by atoms with Crippen LogP contribution in [0.2, 0.25) is 0 Å². The zero-order valence-corrected chi connectivity index (χ0v) is 11.8. The first-order valence-corrected chi connectivity index (χ1v) is 7.61. The molecule has 0 saturated heterocycles. The van der Waals surface area contributed by atoms with Crippen LogP contribution in [0.1, 0.15) is 63.6 Å². The van der Waals surface area contributed by atoms with Gasteiger partial charge >= 0.3 is 0 Å². The Morgan fingerprint density at radius 3 is 2.68 bits per heavy atom. The van der Waals surface area contributed by atoms with E-state index in [1.54, 1.807) is 0 Å². The lowest BCUT2D eigenvalue weighted by Gasteiger charge is -2.22. The van der Waals surface area contributed by atoms with Crippen molar-refractivity contribution >= 4 is 0 Å². The molecular formula is C15H26N2O2. The van der Waals surface area contributed by atoms with Gasteiger partial charge in [0.15, 0.2) is 0 Å². The van der Waals surface area contributed by atoms with E-state index in [2.05, 4.69) is 5.10 Å². The summed E-state index contributed by atoms with van der Waals surface area (Å²) in [6, 6.07) is 2.50. The first kappa shape index (κ1) is 14.5. The summed E-state index contributed by atoms with van der Waals surface area (Å²) in [7, 11) is 0. The second-order valence-electron chi connectivity index (χ2n) is 5.71. The van der Waals surface area contributed by atoms with Crippen molar-refractivity contribution in [3.8, 4) is 0 Å². The van der Waals surface area contributed by atoms with Crippen LogP contribution in [-0.2, 0) is 6.42 Å². The molecule has 1 aliphatic carbocycles. The highest BCUT2D eigenvalue weighted by molar-refractivity contribution is 5.02. The van der Waals surface area contributed by atoms with Gasteiger partial charge in [-0.1, -0.05) is 32.6 Å². The number of hydrogen-bond acceptors (Lipinski definition) is 3. The molecule has 0 amide bonds. The predicted molar refractivity (Wildman–Crippen MR) is 75.0 cm³/mol. The highest BCUT2D eigenvalue weighted by Crippen LogP contribution is 2.27. The highest BCUT2D eigenvalue weighted by Gasteiger charge is 2.19. The van der Waals surface area contributed by atoms with Gasteiger partial charge in [0.2, 0.25) is 0 Å². The van der Waals surface area contributed by atoms with E-state index < -0.39 is 12.2 Å². The van der Waals surface area contributed by atoms with Gasteiger partial charge in [0.25, 0.3) is 0 Å². The summed E-state index contributed by atoms with van der Waals surface area (Å²) in [5.74, 6) is 0. The molecule has 2 unspecified atom stereocenters. The third-order valence-corrected chi connectivity index (χ3v) is 4.06. The zero-order valence-electron chi connectivity index (χ0n) is 11.8. The van der Waals surface area contributed by atoms with Crippen molar-refractivity contribution in [1.82, 2.24) is 9.78 Å². The summed E-state index contributed by atoms with van der Waals surface area (Å²) < 4.78 is 2.05. The van der Waals surface area contributed by atoms with Crippen molar-refractivity contribution < 1.29 is 10.2 Å². The maximum atomic E-state index is 9.92. The van der Waals surface area contributed by atoms with Gasteiger partial charge in [-0.3, -0.25) is 4.68 Å². The smallest absolute Gasteiger partial charge is 0.0855 e. The molecule has 1 saturated carbocycles. The molecule has 0 radical (unpaired) electrons. The number of rotatable bonds is 6. The molecule has 4 nitrogen and oxygen atoms in total. The molecular weight excluding hydrogens is 240 g/mol. The second-order valence-corrected chi connectivity index (χ2v) is 5.71. The lowest BCUT2D eigenvalue weighted by molar-refractivity contribution is 0.0142. The quantitative estimate of drug-likeness (QED) is 0.831. The SMILES string of the molecule is CCCC(O)C(O)Cc1ccn(C2CCCCC2)n1. The summed E-state index contributed by atoms with van der Waals surface area (Å²) >= 11 is 0. The summed E-state index contributed by atoms with van der Waals surface area (Å²) in [4.78, 5) is 0. The Morgan fingerprint density at radius 1 is 1.26 bits per heavy atom. The molecule has 2 N–H and O–H groups in total. The molecule has 0 spiro atoms. The maximum absolute atomic E-state index is 9.92. The van der Waals surface area contributed by atoms with Crippen LogP contribution >= 0.6 is 0 Å². The third-order valence-electron chi connectivity index (χ3n) is 4.06. The molecule has 108 valence electrons. The number of aliphatic hydroxyl groups is 2. The minimum absolute atomic E-state index is 0.445. The van der Waals surface area contributed by atoms with E-state index in [0.717, 1.165) is 12.1 Å². The van der Waals surface area contributed by atoms with Crippen LogP contribution in [0.15, 0.2) is 12.3 Å². The molecule has 2 rings (SSSR count). The minimum atomic E-state index is -0.699. The van der Waals surface area contributed by atoms with Crippen molar-refractivity contribution in [1.29, 1.82) is 0 Å². The van der Waals surface area contributed by atoms with Gasteiger partial charge in [-0.05, 0) is 25.3 Å². The zero-order chi connectivity index (χ0) is 13.7. The Balaban J connectivity index is 1.89. The van der Waals surface area contributed by atoms with Gasteiger partial charge in [-0.2, -0.15) is 5.10 Å². The first-order chi connectivity index (χ1) is 9.20. The topological polar surface area (TPSA) is 58.3 Å². The summed E-state index contributed by atoms with van der Waals surface area (Å²) in [6.45, 7) is 2.01. The highest BCUT2D eigenvalue weighted by atomic mass is 16.3. The van der Waals surface area contributed by atoms with Crippen molar-refractivity contribution in [2.75, 3.05) is 0 Å². The molecule has 1 aliphatic rings. The van der Waals surface area contributed by atoms with Crippen LogP contribution in [0.3, 0.4) is 0 Å². The van der Waals surface area contributed by atoms with Gasteiger partial charge in [0, 0.05) is 12.6 Å². The molecule has 1 aromatic heterocycles. The fourth-order valence-electron chi connectivity index (χ4n) is 2.87. The first-order valence-electron chi connectivity index (χ1n) is 7.61. The van der Waals surface area contributed by atoms with Gasteiger partial charge in [-0.25, -0.2) is 0 Å². The number of aliphatic hydroxyl groups excluding tert-OH is 2. The summed E-state index contributed by atoms with van der Waals surface area (Å²) in [5.41, 5.74) is 0.883. The van der Waals surface area contributed by atoms with E-state index in [-0.39, 0.29) is 0 Å². The van der Waals surface area contributed by atoms with Crippen LogP contribution < -0.4 is 0 Å². The monoisotopic (exact) mass is 266 g/mol. The molecule has 0 aliphatic heterocycles. The van der Waals surface area contributed by atoms with Crippen LogP contribution in [0.25, 0.3) is 0 Å². The average molecular weight is 266 g/mol. The molecule has 0 bridgehead atoms. The Kier molecular flexibility index (Phi) is 5.40.